The minimum atomic E-state index is -0.794. The van der Waals surface area contributed by atoms with E-state index in [1.807, 2.05) is 0 Å². The summed E-state index contributed by atoms with van der Waals surface area (Å²) >= 11 is 0. The Kier molecular flexibility index (Phi) is 13.7. The molecule has 0 radical (unpaired) electrons. The number of alkyl halides is 1. The number of hydrogen-bond acceptors (Lipinski definition) is 8. The molecule has 9 heteroatoms. The van der Waals surface area contributed by atoms with E-state index in [-0.39, 0.29) is 36.2 Å². The standard InChI is InChI=1S/C36H57FN2O6/c1-22(2)20-42-33-24(4)44-35(40)31(39)15-14-27(29(33)16-17-37)19-32-34(43-21-26-12-13-26)28(6-5-7-30(38)36(41)45-32)18-25-10-8-23(3)9-11-25/h8-11,22,24,26-34H,5-7,12-21,38-39H2,1-4H3. The van der Waals surface area contributed by atoms with Gasteiger partial charge in [0.2, 0.25) is 0 Å². The number of halogens is 1. The van der Waals surface area contributed by atoms with E-state index >= 15 is 0 Å². The Bertz CT molecular complexity index is 1070. The Morgan fingerprint density at radius 3 is 2.24 bits per heavy atom. The van der Waals surface area contributed by atoms with Gasteiger partial charge in [-0.25, -0.2) is 0 Å². The van der Waals surface area contributed by atoms with E-state index in [1.165, 1.54) is 11.1 Å². The van der Waals surface area contributed by atoms with Crippen LogP contribution < -0.4 is 11.5 Å². The Balaban J connectivity index is 1.70. The van der Waals surface area contributed by atoms with Crippen molar-refractivity contribution in [1.82, 2.24) is 0 Å². The minimum Gasteiger partial charge on any atom is -0.459 e. The van der Waals surface area contributed by atoms with Gasteiger partial charge in [-0.15, -0.1) is 0 Å². The number of ether oxygens (including phenoxy) is 4. The van der Waals surface area contributed by atoms with Gasteiger partial charge in [0.1, 0.15) is 24.3 Å². The number of carbonyl (C=O) groups excluding carboxylic acids is 2. The zero-order valence-corrected chi connectivity index (χ0v) is 27.8. The van der Waals surface area contributed by atoms with E-state index in [0.29, 0.717) is 44.8 Å². The lowest BCUT2D eigenvalue weighted by molar-refractivity contribution is -0.169. The molecular formula is C36H57FN2O6. The van der Waals surface area contributed by atoms with Crippen LogP contribution in [0.25, 0.3) is 0 Å². The van der Waals surface area contributed by atoms with Crippen molar-refractivity contribution in [2.75, 3.05) is 19.9 Å². The normalized spacial score (nSPS) is 33.6. The second kappa shape index (κ2) is 17.2. The van der Waals surface area contributed by atoms with Crippen molar-refractivity contribution < 1.29 is 32.9 Å². The molecule has 0 spiro atoms. The van der Waals surface area contributed by atoms with Crippen molar-refractivity contribution in [2.24, 2.45) is 41.1 Å². The molecule has 0 bridgehead atoms. The van der Waals surface area contributed by atoms with E-state index in [0.717, 1.165) is 32.1 Å². The number of benzene rings is 1. The van der Waals surface area contributed by atoms with E-state index in [9.17, 15) is 14.0 Å². The number of aryl methyl sites for hydroxylation is 1. The molecular weight excluding hydrogens is 575 g/mol. The summed E-state index contributed by atoms with van der Waals surface area (Å²) in [7, 11) is 0. The van der Waals surface area contributed by atoms with E-state index in [1.54, 1.807) is 6.92 Å². The second-order valence-corrected chi connectivity index (χ2v) is 14.4. The molecule has 1 aliphatic carbocycles. The van der Waals surface area contributed by atoms with E-state index < -0.39 is 49.0 Å². The lowest BCUT2D eigenvalue weighted by Crippen LogP contribution is -2.46. The fraction of sp³-hybridized carbons (Fsp3) is 0.778. The van der Waals surface area contributed by atoms with Gasteiger partial charge in [0.25, 0.3) is 0 Å². The van der Waals surface area contributed by atoms with Crippen LogP contribution in [0.15, 0.2) is 24.3 Å². The zero-order chi connectivity index (χ0) is 32.5. The summed E-state index contributed by atoms with van der Waals surface area (Å²) in [5.74, 6) is -0.446. The molecule has 9 atom stereocenters. The molecule has 1 aromatic carbocycles. The first-order valence-electron chi connectivity index (χ1n) is 17.3. The van der Waals surface area contributed by atoms with Crippen molar-refractivity contribution in [3.8, 4) is 0 Å². The molecule has 45 heavy (non-hydrogen) atoms. The van der Waals surface area contributed by atoms with Crippen LogP contribution >= 0.6 is 0 Å². The van der Waals surface area contributed by atoms with Gasteiger partial charge in [0.15, 0.2) is 0 Å². The van der Waals surface area contributed by atoms with Crippen molar-refractivity contribution >= 4 is 11.9 Å². The molecule has 1 saturated carbocycles. The third kappa shape index (κ3) is 10.7. The molecule has 3 aliphatic rings. The van der Waals surface area contributed by atoms with Crippen LogP contribution in [0.1, 0.15) is 89.7 Å². The van der Waals surface area contributed by atoms with Crippen LogP contribution in [0.3, 0.4) is 0 Å². The number of esters is 2. The van der Waals surface area contributed by atoms with Gasteiger partial charge < -0.3 is 30.4 Å². The van der Waals surface area contributed by atoms with Crippen LogP contribution in [0.2, 0.25) is 0 Å². The first kappa shape index (κ1) is 35.8. The molecule has 2 heterocycles. The highest BCUT2D eigenvalue weighted by molar-refractivity contribution is 5.76. The predicted molar refractivity (Wildman–Crippen MR) is 172 cm³/mol. The Labute approximate surface area is 269 Å². The first-order valence-corrected chi connectivity index (χ1v) is 17.3. The minimum absolute atomic E-state index is 0.101. The van der Waals surface area contributed by atoms with Crippen molar-refractivity contribution in [3.05, 3.63) is 35.4 Å². The van der Waals surface area contributed by atoms with E-state index in [4.69, 9.17) is 30.4 Å². The van der Waals surface area contributed by atoms with Crippen LogP contribution in [-0.4, -0.2) is 68.3 Å². The average molecular weight is 633 g/mol. The summed E-state index contributed by atoms with van der Waals surface area (Å²) in [5, 5.41) is 0. The van der Waals surface area contributed by atoms with Crippen LogP contribution in [-0.2, 0) is 35.0 Å². The summed E-state index contributed by atoms with van der Waals surface area (Å²) in [6.45, 7) is 8.53. The lowest BCUT2D eigenvalue weighted by Gasteiger charge is -2.39. The molecule has 2 aliphatic heterocycles. The largest absolute Gasteiger partial charge is 0.459 e. The first-order chi connectivity index (χ1) is 21.5. The maximum absolute atomic E-state index is 14.3. The summed E-state index contributed by atoms with van der Waals surface area (Å²) in [5.41, 5.74) is 15.0. The fourth-order valence-corrected chi connectivity index (χ4v) is 7.05. The number of nitrogens with two attached hydrogens (primary N) is 2. The summed E-state index contributed by atoms with van der Waals surface area (Å²) in [6, 6.07) is 7.08. The molecule has 9 unspecified atom stereocenters. The maximum Gasteiger partial charge on any atom is 0.323 e. The maximum atomic E-state index is 14.3. The number of carbonyl (C=O) groups is 2. The Morgan fingerprint density at radius 2 is 1.58 bits per heavy atom. The summed E-state index contributed by atoms with van der Waals surface area (Å²) < 4.78 is 39.6. The van der Waals surface area contributed by atoms with Gasteiger partial charge >= 0.3 is 11.9 Å². The molecule has 8 nitrogen and oxygen atoms in total. The smallest absolute Gasteiger partial charge is 0.323 e. The Hall–Kier alpha value is -2.07. The van der Waals surface area contributed by atoms with Gasteiger partial charge in [-0.2, -0.15) is 0 Å². The van der Waals surface area contributed by atoms with Gasteiger partial charge in [-0.05, 0) is 107 Å². The number of cyclic esters (lactones) is 2. The second-order valence-electron chi connectivity index (χ2n) is 14.4. The topological polar surface area (TPSA) is 123 Å². The molecule has 2 saturated heterocycles. The van der Waals surface area contributed by atoms with Gasteiger partial charge in [-0.1, -0.05) is 50.1 Å². The fourth-order valence-electron chi connectivity index (χ4n) is 7.05. The molecule has 3 fully saturated rings. The summed E-state index contributed by atoms with van der Waals surface area (Å²) in [4.78, 5) is 26.2. The highest BCUT2D eigenvalue weighted by Gasteiger charge is 2.43. The monoisotopic (exact) mass is 632 g/mol. The number of hydrogen-bond donors (Lipinski definition) is 2. The highest BCUT2D eigenvalue weighted by atomic mass is 19.1. The molecule has 0 aromatic heterocycles. The third-order valence-electron chi connectivity index (χ3n) is 9.87. The van der Waals surface area contributed by atoms with Gasteiger partial charge in [0, 0.05) is 13.2 Å². The van der Waals surface area contributed by atoms with Gasteiger partial charge in [-0.3, -0.25) is 14.0 Å². The number of rotatable bonds is 12. The van der Waals surface area contributed by atoms with Crippen LogP contribution in [0.5, 0.6) is 0 Å². The van der Waals surface area contributed by atoms with Crippen molar-refractivity contribution in [1.29, 1.82) is 0 Å². The van der Waals surface area contributed by atoms with Crippen molar-refractivity contribution in [3.63, 3.8) is 0 Å². The predicted octanol–water partition coefficient (Wildman–Crippen LogP) is 5.45. The quantitative estimate of drug-likeness (QED) is 0.292. The summed E-state index contributed by atoms with van der Waals surface area (Å²) in [6.07, 6.45) is 4.84. The van der Waals surface area contributed by atoms with Crippen molar-refractivity contribution in [2.45, 2.75) is 128 Å². The van der Waals surface area contributed by atoms with Crippen LogP contribution in [0, 0.1) is 36.5 Å². The molecule has 0 amide bonds. The average Bonchev–Trinajstić information content (AvgIpc) is 3.82. The van der Waals surface area contributed by atoms with E-state index in [2.05, 4.69) is 45.0 Å². The molecule has 4 N–H and O–H groups in total. The highest BCUT2D eigenvalue weighted by Crippen LogP contribution is 2.39. The van der Waals surface area contributed by atoms with Crippen LogP contribution in [0.4, 0.5) is 4.39 Å². The zero-order valence-electron chi connectivity index (χ0n) is 27.8. The molecule has 254 valence electrons. The molecule has 1 aromatic rings. The van der Waals surface area contributed by atoms with Gasteiger partial charge in [0.05, 0.1) is 18.9 Å². The Morgan fingerprint density at radius 1 is 0.889 bits per heavy atom. The SMILES string of the molecule is Cc1ccc(CC2CCCC(N)C(=O)OC(CC3CCC(N)C(=O)OC(C)C(OCC(C)C)C3CCF)C2OCC2CC2)cc1. The third-order valence-corrected chi connectivity index (χ3v) is 9.87. The lowest BCUT2D eigenvalue weighted by atomic mass is 9.75. The molecule has 4 rings (SSSR count).